The van der Waals surface area contributed by atoms with Gasteiger partial charge in [0.2, 0.25) is 0 Å². The van der Waals surface area contributed by atoms with Gasteiger partial charge >= 0.3 is 0 Å². The van der Waals surface area contributed by atoms with Gasteiger partial charge in [0.05, 0.1) is 24.3 Å². The van der Waals surface area contributed by atoms with Crippen molar-refractivity contribution in [1.29, 1.82) is 0 Å². The molecule has 2 aromatic heterocycles. The second kappa shape index (κ2) is 8.94. The van der Waals surface area contributed by atoms with Crippen molar-refractivity contribution in [2.24, 2.45) is 0 Å². The Kier molecular flexibility index (Phi) is 6.07. The molecular formula is C23H22F3N5O. The Balaban J connectivity index is 1.75. The molecule has 32 heavy (non-hydrogen) atoms. The molecule has 0 saturated carbocycles. The van der Waals surface area contributed by atoms with Crippen LogP contribution in [0.3, 0.4) is 0 Å². The van der Waals surface area contributed by atoms with Crippen LogP contribution in [0.2, 0.25) is 0 Å². The van der Waals surface area contributed by atoms with E-state index in [9.17, 15) is 18.0 Å². The van der Waals surface area contributed by atoms with E-state index in [2.05, 4.69) is 20.3 Å². The average Bonchev–Trinajstić information content (AvgIpc) is 3.12. The molecule has 1 amide bonds. The van der Waals surface area contributed by atoms with Gasteiger partial charge in [-0.2, -0.15) is 0 Å². The Bertz CT molecular complexity index is 1110. The van der Waals surface area contributed by atoms with Gasteiger partial charge in [0.25, 0.3) is 5.91 Å². The predicted molar refractivity (Wildman–Crippen MR) is 116 cm³/mol. The van der Waals surface area contributed by atoms with Crippen LogP contribution in [0.1, 0.15) is 35.9 Å². The molecule has 1 N–H and O–H groups in total. The first kappa shape index (κ1) is 21.7. The standard InChI is InChI=1S/C23H22F3N5O/c1-13(2)21-28-9-14(10-29-21)23(32)30-20-16(15-5-3-4-6-17(15)24)7-8-27-22(20)31-11-18(25)19(26)12-31/h3-10,13,18-19H,11-12H2,1-2H3,(H,30,32). The van der Waals surface area contributed by atoms with Crippen LogP contribution < -0.4 is 10.2 Å². The summed E-state index contributed by atoms with van der Waals surface area (Å²) in [6, 6.07) is 7.61. The summed E-state index contributed by atoms with van der Waals surface area (Å²) in [6.45, 7) is 3.43. The molecule has 1 aliphatic rings. The fraction of sp³-hybridized carbons (Fsp3) is 0.304. The van der Waals surface area contributed by atoms with Crippen molar-refractivity contribution in [3.05, 3.63) is 66.1 Å². The summed E-state index contributed by atoms with van der Waals surface area (Å²) in [7, 11) is 0. The fourth-order valence-electron chi connectivity index (χ4n) is 3.55. The second-order valence-corrected chi connectivity index (χ2v) is 7.91. The lowest BCUT2D eigenvalue weighted by atomic mass is 10.0. The topological polar surface area (TPSA) is 71.0 Å². The van der Waals surface area contributed by atoms with Gasteiger partial charge in [-0.25, -0.2) is 28.1 Å². The van der Waals surface area contributed by atoms with Crippen molar-refractivity contribution < 1.29 is 18.0 Å². The molecule has 3 heterocycles. The molecular weight excluding hydrogens is 419 g/mol. The third kappa shape index (κ3) is 4.28. The molecule has 0 aliphatic carbocycles. The molecule has 6 nitrogen and oxygen atoms in total. The number of nitrogens with one attached hydrogen (secondary N) is 1. The molecule has 4 rings (SSSR count). The predicted octanol–water partition coefficient (Wildman–Crippen LogP) is 4.55. The van der Waals surface area contributed by atoms with E-state index < -0.39 is 24.1 Å². The van der Waals surface area contributed by atoms with Crippen molar-refractivity contribution in [2.75, 3.05) is 23.3 Å². The van der Waals surface area contributed by atoms with E-state index in [1.54, 1.807) is 24.3 Å². The summed E-state index contributed by atoms with van der Waals surface area (Å²) in [4.78, 5) is 27.0. The highest BCUT2D eigenvalue weighted by atomic mass is 19.2. The number of carbonyl (C=O) groups excluding carboxylic acids is 1. The van der Waals surface area contributed by atoms with E-state index in [0.717, 1.165) is 0 Å². The van der Waals surface area contributed by atoms with E-state index in [1.165, 1.54) is 29.6 Å². The second-order valence-electron chi connectivity index (χ2n) is 7.91. The number of aromatic nitrogens is 3. The summed E-state index contributed by atoms with van der Waals surface area (Å²) >= 11 is 0. The Labute approximate surface area is 183 Å². The molecule has 1 aromatic carbocycles. The van der Waals surface area contributed by atoms with Crippen molar-refractivity contribution >= 4 is 17.4 Å². The van der Waals surface area contributed by atoms with Gasteiger partial charge in [0.1, 0.15) is 11.6 Å². The number of benzene rings is 1. The van der Waals surface area contributed by atoms with Crippen LogP contribution in [0.15, 0.2) is 48.9 Å². The first-order chi connectivity index (χ1) is 15.3. The number of anilines is 2. The third-order valence-corrected chi connectivity index (χ3v) is 5.27. The fourth-order valence-corrected chi connectivity index (χ4v) is 3.55. The molecule has 0 radical (unpaired) electrons. The molecule has 0 spiro atoms. The highest BCUT2D eigenvalue weighted by molar-refractivity contribution is 6.08. The first-order valence-corrected chi connectivity index (χ1v) is 10.3. The molecule has 2 unspecified atom stereocenters. The summed E-state index contributed by atoms with van der Waals surface area (Å²) in [5.41, 5.74) is 0.929. The number of amides is 1. The molecule has 1 saturated heterocycles. The van der Waals surface area contributed by atoms with E-state index in [0.29, 0.717) is 11.4 Å². The van der Waals surface area contributed by atoms with Crippen molar-refractivity contribution in [3.63, 3.8) is 0 Å². The number of nitrogens with zero attached hydrogens (tertiary/aromatic N) is 4. The summed E-state index contributed by atoms with van der Waals surface area (Å²) in [5, 5.41) is 2.74. The third-order valence-electron chi connectivity index (χ3n) is 5.27. The molecule has 9 heteroatoms. The normalized spacial score (nSPS) is 18.2. The van der Waals surface area contributed by atoms with Crippen molar-refractivity contribution in [2.45, 2.75) is 32.1 Å². The summed E-state index contributed by atoms with van der Waals surface area (Å²) in [5.74, 6) is -0.183. The van der Waals surface area contributed by atoms with Crippen LogP contribution >= 0.6 is 0 Å². The minimum absolute atomic E-state index is 0.0992. The highest BCUT2D eigenvalue weighted by Gasteiger charge is 2.35. The molecule has 3 aromatic rings. The zero-order valence-corrected chi connectivity index (χ0v) is 17.6. The number of rotatable bonds is 5. The molecule has 0 bridgehead atoms. The van der Waals surface area contributed by atoms with Gasteiger partial charge in [-0.3, -0.25) is 4.79 Å². The van der Waals surface area contributed by atoms with E-state index in [-0.39, 0.29) is 41.6 Å². The monoisotopic (exact) mass is 441 g/mol. The maximum Gasteiger partial charge on any atom is 0.258 e. The molecule has 1 fully saturated rings. The van der Waals surface area contributed by atoms with Gasteiger partial charge in [-0.15, -0.1) is 0 Å². The zero-order chi connectivity index (χ0) is 22.8. The SMILES string of the molecule is CC(C)c1ncc(C(=O)Nc2c(-c3ccccc3F)ccnc2N2CC(F)C(F)C2)cn1. The maximum absolute atomic E-state index is 14.6. The number of hydrogen-bond donors (Lipinski definition) is 1. The van der Waals surface area contributed by atoms with E-state index in [4.69, 9.17) is 0 Å². The van der Waals surface area contributed by atoms with E-state index in [1.807, 2.05) is 13.8 Å². The van der Waals surface area contributed by atoms with Crippen molar-refractivity contribution in [1.82, 2.24) is 15.0 Å². The van der Waals surface area contributed by atoms with Crippen LogP contribution in [-0.2, 0) is 0 Å². The van der Waals surface area contributed by atoms with Gasteiger partial charge in [0, 0.05) is 35.6 Å². The van der Waals surface area contributed by atoms with Crippen LogP contribution in [-0.4, -0.2) is 46.3 Å². The number of carbonyl (C=O) groups is 1. The Morgan fingerprint density at radius 2 is 1.69 bits per heavy atom. The quantitative estimate of drug-likeness (QED) is 0.629. The Hall–Kier alpha value is -3.49. The summed E-state index contributed by atoms with van der Waals surface area (Å²) in [6.07, 6.45) is 0.888. The maximum atomic E-state index is 14.6. The number of pyridine rings is 1. The number of halogens is 3. The average molecular weight is 441 g/mol. The van der Waals surface area contributed by atoms with Crippen LogP contribution in [0, 0.1) is 5.82 Å². The van der Waals surface area contributed by atoms with Gasteiger partial charge in [0.15, 0.2) is 18.2 Å². The lowest BCUT2D eigenvalue weighted by molar-refractivity contribution is 0.102. The Morgan fingerprint density at radius 1 is 1.03 bits per heavy atom. The first-order valence-electron chi connectivity index (χ1n) is 10.3. The van der Waals surface area contributed by atoms with Crippen LogP contribution in [0.5, 0.6) is 0 Å². The number of alkyl halides is 2. The summed E-state index contributed by atoms with van der Waals surface area (Å²) < 4.78 is 42.4. The van der Waals surface area contributed by atoms with Crippen molar-refractivity contribution in [3.8, 4) is 11.1 Å². The van der Waals surface area contributed by atoms with Gasteiger partial charge in [-0.05, 0) is 12.1 Å². The van der Waals surface area contributed by atoms with E-state index >= 15 is 0 Å². The lowest BCUT2D eigenvalue weighted by Gasteiger charge is -2.22. The largest absolute Gasteiger partial charge is 0.349 e. The Morgan fingerprint density at radius 3 is 2.31 bits per heavy atom. The molecule has 166 valence electrons. The van der Waals surface area contributed by atoms with Gasteiger partial charge < -0.3 is 10.2 Å². The highest BCUT2D eigenvalue weighted by Crippen LogP contribution is 2.38. The molecule has 1 aliphatic heterocycles. The number of hydrogen-bond acceptors (Lipinski definition) is 5. The zero-order valence-electron chi connectivity index (χ0n) is 17.6. The van der Waals surface area contributed by atoms with Crippen LogP contribution in [0.25, 0.3) is 11.1 Å². The molecule has 2 atom stereocenters. The minimum atomic E-state index is -1.67. The smallest absolute Gasteiger partial charge is 0.258 e. The minimum Gasteiger partial charge on any atom is -0.349 e. The lowest BCUT2D eigenvalue weighted by Crippen LogP contribution is -2.24. The van der Waals surface area contributed by atoms with Crippen LogP contribution in [0.4, 0.5) is 24.7 Å². The van der Waals surface area contributed by atoms with Gasteiger partial charge in [-0.1, -0.05) is 32.0 Å².